The number of imidazole rings is 1. The number of carbonyl (C=O) groups excluding carboxylic acids is 1. The molecule has 0 radical (unpaired) electrons. The number of amides is 1. The minimum Gasteiger partial charge on any atom is -0.391 e. The first-order valence-corrected chi connectivity index (χ1v) is 10.3. The maximum Gasteiger partial charge on any atom is 0.274 e. The average Bonchev–Trinajstić information content (AvgIpc) is 3.07. The number of nitrogens with zero attached hydrogens (tertiary/aromatic N) is 4. The number of rotatable bonds is 3. The highest BCUT2D eigenvalue weighted by atomic mass is 79.9. The van der Waals surface area contributed by atoms with Gasteiger partial charge in [-0.3, -0.25) is 9.20 Å². The molecule has 1 fully saturated rings. The third-order valence-corrected chi connectivity index (χ3v) is 6.33. The number of likely N-dealkylation sites (tertiary alicyclic amines) is 1. The van der Waals surface area contributed by atoms with Crippen molar-refractivity contribution < 1.29 is 9.90 Å². The number of benzene rings is 1. The first kappa shape index (κ1) is 19.1. The topological polar surface area (TPSA) is 70.7 Å². The van der Waals surface area contributed by atoms with Crippen molar-refractivity contribution >= 4 is 27.6 Å². The molecule has 1 aliphatic heterocycles. The standard InChI is InChI=1S/C21H23BrN4O2/c1-13-5-3-4-6-15(13)9-16-7-8-25(12-19(16)27)20(28)18-11-26-10-17(22)14(2)23-21(26)24-18/h3-6,10-11,16,19,27H,7-9,12H2,1-2H3. The number of piperidine rings is 1. The van der Waals surface area contributed by atoms with E-state index in [-0.39, 0.29) is 11.8 Å². The molecular formula is C21H23BrN4O2. The lowest BCUT2D eigenvalue weighted by atomic mass is 9.86. The SMILES string of the molecule is Cc1ccccc1CC1CCN(C(=O)c2cn3cc(Br)c(C)nc3n2)CC1O. The summed E-state index contributed by atoms with van der Waals surface area (Å²) < 4.78 is 2.61. The molecule has 2 atom stereocenters. The number of halogens is 1. The Balaban J connectivity index is 1.46. The normalized spacial score (nSPS) is 19.9. The van der Waals surface area contributed by atoms with Crippen LogP contribution in [-0.4, -0.2) is 49.5 Å². The monoisotopic (exact) mass is 442 g/mol. The molecule has 0 spiro atoms. The largest absolute Gasteiger partial charge is 0.391 e. The molecule has 4 rings (SSSR count). The summed E-state index contributed by atoms with van der Waals surface area (Å²) >= 11 is 3.45. The fraction of sp³-hybridized carbons (Fsp3) is 0.381. The van der Waals surface area contributed by atoms with E-state index in [2.05, 4.69) is 45.0 Å². The fourth-order valence-electron chi connectivity index (χ4n) is 3.77. The maximum absolute atomic E-state index is 12.9. The Morgan fingerprint density at radius 3 is 2.79 bits per heavy atom. The lowest BCUT2D eigenvalue weighted by Gasteiger charge is -2.36. The number of carbonyl (C=O) groups is 1. The third kappa shape index (κ3) is 3.69. The van der Waals surface area contributed by atoms with Crippen LogP contribution in [0, 0.1) is 19.8 Å². The summed E-state index contributed by atoms with van der Waals surface area (Å²) in [7, 11) is 0. The van der Waals surface area contributed by atoms with Gasteiger partial charge in [0.2, 0.25) is 5.78 Å². The Labute approximate surface area is 172 Å². The Kier molecular flexibility index (Phi) is 5.21. The summed E-state index contributed by atoms with van der Waals surface area (Å²) in [5.41, 5.74) is 3.68. The van der Waals surface area contributed by atoms with E-state index < -0.39 is 6.10 Å². The first-order chi connectivity index (χ1) is 13.4. The summed E-state index contributed by atoms with van der Waals surface area (Å²) in [5, 5.41) is 10.7. The van der Waals surface area contributed by atoms with Gasteiger partial charge in [0.25, 0.3) is 5.91 Å². The minimum atomic E-state index is -0.538. The molecule has 6 nitrogen and oxygen atoms in total. The fourth-order valence-corrected chi connectivity index (χ4v) is 4.08. The number of aromatic nitrogens is 3. The van der Waals surface area contributed by atoms with Crippen molar-refractivity contribution in [2.75, 3.05) is 13.1 Å². The van der Waals surface area contributed by atoms with Crippen molar-refractivity contribution in [3.8, 4) is 0 Å². The van der Waals surface area contributed by atoms with Crippen molar-refractivity contribution in [3.63, 3.8) is 0 Å². The van der Waals surface area contributed by atoms with Gasteiger partial charge >= 0.3 is 0 Å². The van der Waals surface area contributed by atoms with Gasteiger partial charge in [0, 0.05) is 25.5 Å². The number of hydrogen-bond donors (Lipinski definition) is 1. The van der Waals surface area contributed by atoms with E-state index in [1.54, 1.807) is 15.5 Å². The minimum absolute atomic E-state index is 0.159. The molecule has 2 aromatic heterocycles. The van der Waals surface area contributed by atoms with Gasteiger partial charge in [-0.25, -0.2) is 9.97 Å². The number of aliphatic hydroxyl groups excluding tert-OH is 1. The van der Waals surface area contributed by atoms with E-state index in [1.807, 2.05) is 25.3 Å². The van der Waals surface area contributed by atoms with Crippen molar-refractivity contribution in [3.05, 3.63) is 63.6 Å². The van der Waals surface area contributed by atoms with Crippen LogP contribution in [0.2, 0.25) is 0 Å². The molecule has 7 heteroatoms. The van der Waals surface area contributed by atoms with Gasteiger partial charge in [-0.05, 0) is 59.7 Å². The predicted octanol–water partition coefficient (Wildman–Crippen LogP) is 3.17. The van der Waals surface area contributed by atoms with Crippen LogP contribution in [0.5, 0.6) is 0 Å². The summed E-state index contributed by atoms with van der Waals surface area (Å²) in [6.45, 7) is 4.93. The van der Waals surface area contributed by atoms with Gasteiger partial charge in [0.05, 0.1) is 16.3 Å². The quantitative estimate of drug-likeness (QED) is 0.675. The van der Waals surface area contributed by atoms with E-state index in [0.29, 0.717) is 24.6 Å². The van der Waals surface area contributed by atoms with Gasteiger partial charge in [-0.15, -0.1) is 0 Å². The molecule has 0 saturated carbocycles. The van der Waals surface area contributed by atoms with E-state index >= 15 is 0 Å². The van der Waals surface area contributed by atoms with E-state index in [9.17, 15) is 9.90 Å². The second-order valence-electron chi connectivity index (χ2n) is 7.51. The highest BCUT2D eigenvalue weighted by molar-refractivity contribution is 9.10. The molecule has 1 N–H and O–H groups in total. The van der Waals surface area contributed by atoms with Crippen LogP contribution in [0.1, 0.15) is 33.7 Å². The summed E-state index contributed by atoms with van der Waals surface area (Å²) in [5.74, 6) is 0.498. The van der Waals surface area contributed by atoms with Crippen LogP contribution < -0.4 is 0 Å². The van der Waals surface area contributed by atoms with E-state index in [0.717, 1.165) is 23.0 Å². The first-order valence-electron chi connectivity index (χ1n) is 9.46. The molecule has 28 heavy (non-hydrogen) atoms. The van der Waals surface area contributed by atoms with Crippen LogP contribution >= 0.6 is 15.9 Å². The highest BCUT2D eigenvalue weighted by Gasteiger charge is 2.31. The molecule has 2 unspecified atom stereocenters. The molecule has 1 aromatic carbocycles. The average molecular weight is 443 g/mol. The van der Waals surface area contributed by atoms with Gasteiger partial charge in [-0.1, -0.05) is 24.3 Å². The van der Waals surface area contributed by atoms with Gasteiger partial charge in [-0.2, -0.15) is 0 Å². The molecule has 1 saturated heterocycles. The molecule has 146 valence electrons. The zero-order chi connectivity index (χ0) is 19.8. The van der Waals surface area contributed by atoms with Gasteiger partial charge in [0.15, 0.2) is 0 Å². The number of β-amino-alcohol motifs (C(OH)–C–C–N with tert-alkyl or cyclic N) is 1. The van der Waals surface area contributed by atoms with Crippen LogP contribution in [0.25, 0.3) is 5.78 Å². The molecule has 3 aromatic rings. The Hall–Kier alpha value is -2.25. The molecular weight excluding hydrogens is 420 g/mol. The molecule has 3 heterocycles. The predicted molar refractivity (Wildman–Crippen MR) is 110 cm³/mol. The summed E-state index contributed by atoms with van der Waals surface area (Å²) in [4.78, 5) is 23.4. The number of fused-ring (bicyclic) bond motifs is 1. The summed E-state index contributed by atoms with van der Waals surface area (Å²) in [6.07, 6.45) is 4.62. The van der Waals surface area contributed by atoms with Crippen molar-refractivity contribution in [1.29, 1.82) is 0 Å². The van der Waals surface area contributed by atoms with Crippen molar-refractivity contribution in [1.82, 2.24) is 19.3 Å². The van der Waals surface area contributed by atoms with Crippen molar-refractivity contribution in [2.45, 2.75) is 32.8 Å². The molecule has 0 aliphatic carbocycles. The highest BCUT2D eigenvalue weighted by Crippen LogP contribution is 2.25. The van der Waals surface area contributed by atoms with E-state index in [4.69, 9.17) is 0 Å². The Bertz CT molecular complexity index is 993. The molecule has 1 aliphatic rings. The van der Waals surface area contributed by atoms with Crippen LogP contribution in [0.4, 0.5) is 0 Å². The maximum atomic E-state index is 12.9. The molecule has 0 bridgehead atoms. The number of aliphatic hydroxyl groups is 1. The summed E-state index contributed by atoms with van der Waals surface area (Å²) in [6, 6.07) is 8.27. The van der Waals surface area contributed by atoms with Gasteiger partial charge in [0.1, 0.15) is 5.69 Å². The van der Waals surface area contributed by atoms with Crippen LogP contribution in [0.15, 0.2) is 41.1 Å². The second-order valence-corrected chi connectivity index (χ2v) is 8.36. The van der Waals surface area contributed by atoms with E-state index in [1.165, 1.54) is 11.1 Å². The Morgan fingerprint density at radius 2 is 2.04 bits per heavy atom. The van der Waals surface area contributed by atoms with Crippen molar-refractivity contribution in [2.24, 2.45) is 5.92 Å². The lowest BCUT2D eigenvalue weighted by molar-refractivity contribution is 0.0195. The second kappa shape index (κ2) is 7.64. The van der Waals surface area contributed by atoms with Gasteiger partial charge < -0.3 is 10.0 Å². The Morgan fingerprint density at radius 1 is 1.25 bits per heavy atom. The smallest absolute Gasteiger partial charge is 0.274 e. The van der Waals surface area contributed by atoms with Crippen LogP contribution in [-0.2, 0) is 6.42 Å². The third-order valence-electron chi connectivity index (χ3n) is 5.55. The van der Waals surface area contributed by atoms with Crippen LogP contribution in [0.3, 0.4) is 0 Å². The zero-order valence-corrected chi connectivity index (χ0v) is 17.6. The molecule has 1 amide bonds. The number of aryl methyl sites for hydroxylation is 2. The number of hydrogen-bond acceptors (Lipinski definition) is 4. The lowest BCUT2D eigenvalue weighted by Crippen LogP contribution is -2.47. The zero-order valence-electron chi connectivity index (χ0n) is 16.0.